The predicted molar refractivity (Wildman–Crippen MR) is 112 cm³/mol. The van der Waals surface area contributed by atoms with Gasteiger partial charge < -0.3 is 59.8 Å². The van der Waals surface area contributed by atoms with Crippen LogP contribution in [-0.4, -0.2) is 128 Å². The van der Waals surface area contributed by atoms with E-state index in [4.69, 9.17) is 18.9 Å². The van der Waals surface area contributed by atoms with Crippen molar-refractivity contribution in [2.75, 3.05) is 13.2 Å². The standard InChI is InChI=1S/C22H38O12/c1-21(2)8-4-12(34-20-18(30)16(28)14(26)11(7-24)33-20)22(21,3)5-9(8)31-19-17(29)15(27)13(25)10(6-23)32-19/h8-20,23-30H,4-7H2,1-3H3/t8?,9-,10+,11+,12-,13+,14+,15-,16-,17+,18+,19+,20-,22?/m0/s1. The van der Waals surface area contributed by atoms with Crippen LogP contribution in [0.1, 0.15) is 33.6 Å². The van der Waals surface area contributed by atoms with E-state index >= 15 is 0 Å². The van der Waals surface area contributed by atoms with Crippen LogP contribution >= 0.6 is 0 Å². The smallest absolute Gasteiger partial charge is 0.186 e. The summed E-state index contributed by atoms with van der Waals surface area (Å²) in [6, 6.07) is 0. The van der Waals surface area contributed by atoms with Crippen LogP contribution < -0.4 is 0 Å². The van der Waals surface area contributed by atoms with Gasteiger partial charge in [-0.2, -0.15) is 0 Å². The maximum absolute atomic E-state index is 10.4. The molecule has 198 valence electrons. The lowest BCUT2D eigenvalue weighted by atomic mass is 9.70. The molecule has 12 nitrogen and oxygen atoms in total. The minimum atomic E-state index is -1.53. The highest BCUT2D eigenvalue weighted by atomic mass is 16.7. The Balaban J connectivity index is 1.46. The first-order valence-electron chi connectivity index (χ1n) is 11.8. The maximum Gasteiger partial charge on any atom is 0.186 e. The first kappa shape index (κ1) is 26.6. The number of ether oxygens (including phenoxy) is 4. The van der Waals surface area contributed by atoms with Gasteiger partial charge in [0.05, 0.1) is 25.4 Å². The fourth-order valence-electron chi connectivity index (χ4n) is 6.24. The molecule has 14 atom stereocenters. The summed E-state index contributed by atoms with van der Waals surface area (Å²) in [5.74, 6) is -0.0697. The third kappa shape index (κ3) is 4.01. The molecule has 2 unspecified atom stereocenters. The molecule has 0 aromatic rings. The Bertz CT molecular complexity index is 718. The van der Waals surface area contributed by atoms with Crippen LogP contribution in [0.3, 0.4) is 0 Å². The fraction of sp³-hybridized carbons (Fsp3) is 1.00. The Morgan fingerprint density at radius 1 is 0.706 bits per heavy atom. The number of hydrogen-bond donors (Lipinski definition) is 8. The Labute approximate surface area is 197 Å². The molecule has 4 aliphatic rings. The second-order valence-corrected chi connectivity index (χ2v) is 10.9. The molecule has 2 aliphatic heterocycles. The zero-order valence-electron chi connectivity index (χ0n) is 19.5. The molecular weight excluding hydrogens is 456 g/mol. The van der Waals surface area contributed by atoms with E-state index in [0.717, 1.165) is 0 Å². The van der Waals surface area contributed by atoms with Gasteiger partial charge in [0.1, 0.15) is 48.8 Å². The van der Waals surface area contributed by atoms with Crippen molar-refractivity contribution in [1.29, 1.82) is 0 Å². The third-order valence-corrected chi connectivity index (χ3v) is 8.96. The molecule has 8 N–H and O–H groups in total. The monoisotopic (exact) mass is 494 g/mol. The molecule has 4 fully saturated rings. The average molecular weight is 495 g/mol. The number of aliphatic hydroxyl groups excluding tert-OH is 8. The molecule has 2 bridgehead atoms. The van der Waals surface area contributed by atoms with Gasteiger partial charge in [-0.05, 0) is 24.2 Å². The lowest BCUT2D eigenvalue weighted by Gasteiger charge is -2.45. The molecular formula is C22H38O12. The first-order valence-corrected chi connectivity index (χ1v) is 11.8. The van der Waals surface area contributed by atoms with Crippen molar-refractivity contribution in [1.82, 2.24) is 0 Å². The van der Waals surface area contributed by atoms with Gasteiger partial charge in [-0.15, -0.1) is 0 Å². The zero-order valence-corrected chi connectivity index (χ0v) is 19.5. The minimum Gasteiger partial charge on any atom is -0.394 e. The molecule has 0 radical (unpaired) electrons. The molecule has 4 rings (SSSR count). The summed E-state index contributed by atoms with van der Waals surface area (Å²) >= 11 is 0. The normalized spacial score (nSPS) is 55.0. The van der Waals surface area contributed by atoms with Crippen molar-refractivity contribution in [3.05, 3.63) is 0 Å². The van der Waals surface area contributed by atoms with Crippen LogP contribution in [0.25, 0.3) is 0 Å². The van der Waals surface area contributed by atoms with E-state index in [2.05, 4.69) is 13.8 Å². The lowest BCUT2D eigenvalue weighted by Crippen LogP contribution is -2.60. The van der Waals surface area contributed by atoms with E-state index in [1.54, 1.807) is 0 Å². The van der Waals surface area contributed by atoms with E-state index in [0.29, 0.717) is 12.8 Å². The Hall–Kier alpha value is -0.480. The van der Waals surface area contributed by atoms with Crippen LogP contribution in [-0.2, 0) is 18.9 Å². The molecule has 2 aliphatic carbocycles. The van der Waals surface area contributed by atoms with E-state index in [9.17, 15) is 40.9 Å². The van der Waals surface area contributed by atoms with Crippen molar-refractivity contribution in [2.45, 2.75) is 107 Å². The Kier molecular flexibility index (Phi) is 7.38. The molecule has 2 saturated carbocycles. The van der Waals surface area contributed by atoms with E-state index in [1.807, 2.05) is 6.92 Å². The molecule has 0 aromatic heterocycles. The molecule has 12 heteroatoms. The second-order valence-electron chi connectivity index (χ2n) is 10.9. The molecule has 0 amide bonds. The van der Waals surface area contributed by atoms with Gasteiger partial charge >= 0.3 is 0 Å². The van der Waals surface area contributed by atoms with Crippen molar-refractivity contribution in [3.63, 3.8) is 0 Å². The summed E-state index contributed by atoms with van der Waals surface area (Å²) in [5, 5.41) is 79.8. The summed E-state index contributed by atoms with van der Waals surface area (Å²) in [6.45, 7) is 5.04. The molecule has 34 heavy (non-hydrogen) atoms. The minimum absolute atomic E-state index is 0.0697. The summed E-state index contributed by atoms with van der Waals surface area (Å²) < 4.78 is 23.2. The van der Waals surface area contributed by atoms with E-state index in [-0.39, 0.29) is 17.4 Å². The maximum atomic E-state index is 10.4. The summed E-state index contributed by atoms with van der Waals surface area (Å²) in [4.78, 5) is 0. The number of rotatable bonds is 6. The zero-order chi connectivity index (χ0) is 25.2. The van der Waals surface area contributed by atoms with Gasteiger partial charge in [-0.1, -0.05) is 20.8 Å². The van der Waals surface area contributed by atoms with Crippen molar-refractivity contribution in [2.24, 2.45) is 16.7 Å². The largest absolute Gasteiger partial charge is 0.394 e. The van der Waals surface area contributed by atoms with Crippen LogP contribution in [0.15, 0.2) is 0 Å². The van der Waals surface area contributed by atoms with Crippen molar-refractivity contribution >= 4 is 0 Å². The highest BCUT2D eigenvalue weighted by molar-refractivity contribution is 5.15. The third-order valence-electron chi connectivity index (χ3n) is 8.96. The lowest BCUT2D eigenvalue weighted by molar-refractivity contribution is -0.327. The van der Waals surface area contributed by atoms with Crippen LogP contribution in [0.5, 0.6) is 0 Å². The summed E-state index contributed by atoms with van der Waals surface area (Å²) in [7, 11) is 0. The quantitative estimate of drug-likeness (QED) is 0.184. The topological polar surface area (TPSA) is 199 Å². The molecule has 2 saturated heterocycles. The highest BCUT2D eigenvalue weighted by Gasteiger charge is 2.67. The van der Waals surface area contributed by atoms with Gasteiger partial charge in [-0.25, -0.2) is 0 Å². The molecule has 0 spiro atoms. The second kappa shape index (κ2) is 9.43. The van der Waals surface area contributed by atoms with E-state index < -0.39 is 86.1 Å². The molecule has 2 heterocycles. The van der Waals surface area contributed by atoms with Crippen LogP contribution in [0, 0.1) is 16.7 Å². The van der Waals surface area contributed by atoms with Gasteiger partial charge in [0.15, 0.2) is 12.6 Å². The first-order chi connectivity index (χ1) is 15.9. The van der Waals surface area contributed by atoms with Crippen LogP contribution in [0.2, 0.25) is 0 Å². The Morgan fingerprint density at radius 2 is 1.18 bits per heavy atom. The van der Waals surface area contributed by atoms with Gasteiger partial charge in [-0.3, -0.25) is 0 Å². The highest BCUT2D eigenvalue weighted by Crippen LogP contribution is 2.67. The SMILES string of the molecule is CC1(C)C2C[C@H](O[C@@H]3O[C@H](CO)[C@@H](O)[C@H](O)[C@H]3O)C1(C)C[C@@H]2O[C@@H]1O[C@H](CO)[C@@H](O)[C@H](O)[C@H]1O. The van der Waals surface area contributed by atoms with E-state index in [1.165, 1.54) is 0 Å². The van der Waals surface area contributed by atoms with Crippen molar-refractivity contribution in [3.8, 4) is 0 Å². The summed E-state index contributed by atoms with van der Waals surface area (Å²) in [5.41, 5.74) is -0.792. The van der Waals surface area contributed by atoms with Crippen molar-refractivity contribution < 1.29 is 59.8 Å². The summed E-state index contributed by atoms with van der Waals surface area (Å²) in [6.07, 6.45) is -13.4. The molecule has 0 aromatic carbocycles. The van der Waals surface area contributed by atoms with Gasteiger partial charge in [0.2, 0.25) is 0 Å². The predicted octanol–water partition coefficient (Wildman–Crippen LogP) is -3.19. The number of aliphatic hydroxyl groups is 8. The Morgan fingerprint density at radius 3 is 1.59 bits per heavy atom. The number of hydrogen-bond acceptors (Lipinski definition) is 12. The van der Waals surface area contributed by atoms with Gasteiger partial charge in [0, 0.05) is 5.41 Å². The van der Waals surface area contributed by atoms with Crippen LogP contribution in [0.4, 0.5) is 0 Å². The number of fused-ring (bicyclic) bond motifs is 2. The fourth-order valence-corrected chi connectivity index (χ4v) is 6.24. The average Bonchev–Trinajstić information content (AvgIpc) is 3.10. The van der Waals surface area contributed by atoms with Gasteiger partial charge in [0.25, 0.3) is 0 Å².